The van der Waals surface area contributed by atoms with Crippen LogP contribution in [0.2, 0.25) is 0 Å². The highest BCUT2D eigenvalue weighted by Gasteiger charge is 2.82. The van der Waals surface area contributed by atoms with Gasteiger partial charge in [0.25, 0.3) is 0 Å². The maximum Gasteiger partial charge on any atom is 0.0726 e. The fourth-order valence-electron chi connectivity index (χ4n) is 11.3. The Morgan fingerprint density at radius 2 is 1.58 bits per heavy atom. The minimum Gasteiger partial charge on any atom is -0.396 e. The Hall–Kier alpha value is -0.380. The second-order valence-electron chi connectivity index (χ2n) is 14.4. The molecular weight excluding hydrogens is 408 g/mol. The predicted octanol–water partition coefficient (Wildman–Crippen LogP) is 6.11. The molecule has 0 aromatic carbocycles. The van der Waals surface area contributed by atoms with Gasteiger partial charge in [0.2, 0.25) is 0 Å². The summed E-state index contributed by atoms with van der Waals surface area (Å²) in [6, 6.07) is 0. The third-order valence-corrected chi connectivity index (χ3v) is 13.1. The molecule has 2 spiro atoms. The van der Waals surface area contributed by atoms with Crippen molar-refractivity contribution in [1.29, 1.82) is 0 Å². The van der Waals surface area contributed by atoms with Gasteiger partial charge in [0.05, 0.1) is 18.8 Å². The Morgan fingerprint density at radius 1 is 0.909 bits per heavy atom. The van der Waals surface area contributed by atoms with Gasteiger partial charge in [-0.15, -0.1) is 0 Å². The summed E-state index contributed by atoms with van der Waals surface area (Å²) in [6.45, 7) is 14.1. The molecular formula is C30H50O3. The van der Waals surface area contributed by atoms with Crippen LogP contribution in [0.4, 0.5) is 0 Å². The van der Waals surface area contributed by atoms with Gasteiger partial charge in [-0.1, -0.05) is 39.3 Å². The number of fused-ring (bicyclic) bond motifs is 2. The minimum atomic E-state index is -0.347. The first-order valence-corrected chi connectivity index (χ1v) is 14.0. The zero-order valence-electron chi connectivity index (χ0n) is 22.2. The lowest BCUT2D eigenvalue weighted by atomic mass is 9.41. The number of rotatable bonds is 5. The molecule has 11 atom stereocenters. The number of hydrogen-bond donors (Lipinski definition) is 3. The summed E-state index contributed by atoms with van der Waals surface area (Å²) in [5.74, 6) is 2.52. The van der Waals surface area contributed by atoms with E-state index in [0.717, 1.165) is 18.8 Å². The molecule has 5 rings (SSSR count). The van der Waals surface area contributed by atoms with E-state index in [1.807, 2.05) is 6.08 Å². The van der Waals surface area contributed by atoms with Gasteiger partial charge in [0, 0.05) is 5.41 Å². The van der Waals surface area contributed by atoms with E-state index in [9.17, 15) is 15.3 Å². The third kappa shape index (κ3) is 2.97. The van der Waals surface area contributed by atoms with Crippen LogP contribution < -0.4 is 0 Å². The first-order valence-electron chi connectivity index (χ1n) is 14.0. The van der Waals surface area contributed by atoms with Crippen LogP contribution in [0.25, 0.3) is 0 Å². The summed E-state index contributed by atoms with van der Waals surface area (Å²) in [5, 5.41) is 31.9. The smallest absolute Gasteiger partial charge is 0.0726 e. The van der Waals surface area contributed by atoms with Crippen LogP contribution in [0.1, 0.15) is 106 Å². The Morgan fingerprint density at radius 3 is 2.24 bits per heavy atom. The van der Waals surface area contributed by atoms with Crippen molar-refractivity contribution in [2.45, 2.75) is 118 Å². The SMILES string of the molecule is CC(C)=C[C@H](O)C[C@@H](C)[C@H]1CC[C@@]2(C)C3CCC4[C@@]5(CC[C@H](O)[C@@]4(C)CO)C[C@@]35CC[C@]12C. The van der Waals surface area contributed by atoms with Crippen molar-refractivity contribution in [1.82, 2.24) is 0 Å². The van der Waals surface area contributed by atoms with E-state index >= 15 is 0 Å². The number of aliphatic hydroxyl groups excluding tert-OH is 3. The van der Waals surface area contributed by atoms with Gasteiger partial charge in [-0.25, -0.2) is 0 Å². The predicted molar refractivity (Wildman–Crippen MR) is 134 cm³/mol. The third-order valence-electron chi connectivity index (χ3n) is 13.1. The van der Waals surface area contributed by atoms with E-state index in [0.29, 0.717) is 39.4 Å². The summed E-state index contributed by atoms with van der Waals surface area (Å²) >= 11 is 0. The van der Waals surface area contributed by atoms with Crippen molar-refractivity contribution >= 4 is 0 Å². The molecule has 188 valence electrons. The van der Waals surface area contributed by atoms with E-state index in [-0.39, 0.29) is 24.2 Å². The van der Waals surface area contributed by atoms with Crippen molar-refractivity contribution in [3.05, 3.63) is 11.6 Å². The Kier molecular flexibility index (Phi) is 5.57. The molecule has 0 aliphatic heterocycles. The molecule has 5 saturated carbocycles. The van der Waals surface area contributed by atoms with Crippen LogP contribution in [0.15, 0.2) is 11.6 Å². The fraction of sp³-hybridized carbons (Fsp3) is 0.933. The first-order chi connectivity index (χ1) is 15.4. The van der Waals surface area contributed by atoms with Crippen LogP contribution in [0.3, 0.4) is 0 Å². The standard InChI is InChI=1S/C30H50O3/c1-19(2)15-21(32)16-20(3)22-9-11-28(6)24-8-7-23-26(4,18-31)25(33)10-12-29(23)17-30(24,29)14-13-27(22,28)5/h15,20-25,31-33H,7-14,16-18H2,1-6H3/t20-,21+,22-,23?,24?,25+,26+,27-,28+,29-,30+/m1/s1. The molecule has 0 heterocycles. The summed E-state index contributed by atoms with van der Waals surface area (Å²) in [4.78, 5) is 0. The van der Waals surface area contributed by atoms with Gasteiger partial charge in [0.1, 0.15) is 0 Å². The molecule has 0 bridgehead atoms. The zero-order valence-corrected chi connectivity index (χ0v) is 22.2. The van der Waals surface area contributed by atoms with Crippen molar-refractivity contribution in [3.63, 3.8) is 0 Å². The molecule has 0 aromatic rings. The summed E-state index contributed by atoms with van der Waals surface area (Å²) < 4.78 is 0. The van der Waals surface area contributed by atoms with Gasteiger partial charge in [-0.3, -0.25) is 0 Å². The zero-order chi connectivity index (χ0) is 24.0. The Labute approximate surface area is 202 Å². The topological polar surface area (TPSA) is 60.7 Å². The molecule has 5 aliphatic rings. The van der Waals surface area contributed by atoms with E-state index in [4.69, 9.17) is 0 Å². The first kappa shape index (κ1) is 24.3. The number of allylic oxidation sites excluding steroid dienone is 1. The monoisotopic (exact) mass is 458 g/mol. The van der Waals surface area contributed by atoms with E-state index < -0.39 is 0 Å². The van der Waals surface area contributed by atoms with Crippen LogP contribution in [0, 0.1) is 50.7 Å². The average molecular weight is 459 g/mol. The normalized spacial score (nSPS) is 54.3. The average Bonchev–Trinajstić information content (AvgIpc) is 3.32. The minimum absolute atomic E-state index is 0.129. The molecule has 0 radical (unpaired) electrons. The van der Waals surface area contributed by atoms with E-state index in [1.54, 1.807) is 0 Å². The van der Waals surface area contributed by atoms with E-state index in [1.165, 1.54) is 56.9 Å². The van der Waals surface area contributed by atoms with Crippen LogP contribution in [0.5, 0.6) is 0 Å². The lowest BCUT2D eigenvalue weighted by molar-refractivity contribution is -0.174. The largest absolute Gasteiger partial charge is 0.396 e. The molecule has 3 N–H and O–H groups in total. The summed E-state index contributed by atoms with van der Waals surface area (Å²) in [5.41, 5.74) is 2.47. The maximum atomic E-state index is 10.9. The molecule has 2 unspecified atom stereocenters. The van der Waals surface area contributed by atoms with Gasteiger partial charge in [-0.2, -0.15) is 0 Å². The lowest BCUT2D eigenvalue weighted by Gasteiger charge is -2.63. The second kappa shape index (κ2) is 7.56. The van der Waals surface area contributed by atoms with Gasteiger partial charge >= 0.3 is 0 Å². The lowest BCUT2D eigenvalue weighted by Crippen LogP contribution is -2.59. The van der Waals surface area contributed by atoms with Crippen molar-refractivity contribution in [2.24, 2.45) is 50.7 Å². The number of hydrogen-bond acceptors (Lipinski definition) is 3. The van der Waals surface area contributed by atoms with Gasteiger partial charge < -0.3 is 15.3 Å². The molecule has 0 amide bonds. The highest BCUT2D eigenvalue weighted by atomic mass is 16.3. The van der Waals surface area contributed by atoms with Crippen LogP contribution in [-0.2, 0) is 0 Å². The van der Waals surface area contributed by atoms with E-state index in [2.05, 4.69) is 41.5 Å². The summed E-state index contributed by atoms with van der Waals surface area (Å²) in [6.07, 6.45) is 13.4. The quantitative estimate of drug-likeness (QED) is 0.435. The summed E-state index contributed by atoms with van der Waals surface area (Å²) in [7, 11) is 0. The molecule has 33 heavy (non-hydrogen) atoms. The Bertz CT molecular complexity index is 817. The maximum absolute atomic E-state index is 10.9. The van der Waals surface area contributed by atoms with Gasteiger partial charge in [-0.05, 0) is 123 Å². The molecule has 0 saturated heterocycles. The van der Waals surface area contributed by atoms with Gasteiger partial charge in [0.15, 0.2) is 0 Å². The van der Waals surface area contributed by atoms with Crippen LogP contribution in [-0.4, -0.2) is 34.1 Å². The molecule has 5 aliphatic carbocycles. The molecule has 0 aromatic heterocycles. The highest BCUT2D eigenvalue weighted by molar-refractivity contribution is 5.30. The molecule has 3 heteroatoms. The van der Waals surface area contributed by atoms with Crippen molar-refractivity contribution < 1.29 is 15.3 Å². The highest BCUT2D eigenvalue weighted by Crippen LogP contribution is 2.89. The van der Waals surface area contributed by atoms with Crippen molar-refractivity contribution in [3.8, 4) is 0 Å². The second-order valence-corrected chi connectivity index (χ2v) is 14.4. The Balaban J connectivity index is 1.41. The number of aliphatic hydroxyl groups is 3. The fourth-order valence-corrected chi connectivity index (χ4v) is 11.3. The molecule has 5 fully saturated rings. The van der Waals surface area contributed by atoms with Crippen LogP contribution >= 0.6 is 0 Å². The van der Waals surface area contributed by atoms with Crippen molar-refractivity contribution in [2.75, 3.05) is 6.61 Å². The molecule has 3 nitrogen and oxygen atoms in total.